The van der Waals surface area contributed by atoms with E-state index >= 15 is 0 Å². The fraction of sp³-hybridized carbons (Fsp3) is 0.463. The van der Waals surface area contributed by atoms with Crippen molar-refractivity contribution in [2.45, 2.75) is 79.1 Å². The summed E-state index contributed by atoms with van der Waals surface area (Å²) < 4.78 is 20.4. The fourth-order valence-electron chi connectivity index (χ4n) is 6.46. The minimum atomic E-state index is 0.0137. The Hall–Kier alpha value is -4.94. The maximum Gasteiger partial charge on any atom is 0.222 e. The highest BCUT2D eigenvalue weighted by Gasteiger charge is 2.22. The van der Waals surface area contributed by atoms with Crippen molar-refractivity contribution in [2.75, 3.05) is 34.5 Å². The van der Waals surface area contributed by atoms with Crippen molar-refractivity contribution in [3.05, 3.63) is 70.6 Å². The van der Waals surface area contributed by atoms with E-state index in [4.69, 9.17) is 34.1 Å². The van der Waals surface area contributed by atoms with E-state index in [1.54, 1.807) is 21.3 Å². The predicted octanol–water partition coefficient (Wildman–Crippen LogP) is 7.79. The number of methoxy groups -OCH3 is 3. The summed E-state index contributed by atoms with van der Waals surface area (Å²) in [5, 5.41) is 9.52. The van der Waals surface area contributed by atoms with E-state index in [0.717, 1.165) is 78.7 Å². The van der Waals surface area contributed by atoms with Gasteiger partial charge in [-0.1, -0.05) is 41.5 Å². The van der Waals surface area contributed by atoms with E-state index in [1.807, 2.05) is 74.5 Å². The van der Waals surface area contributed by atoms with Gasteiger partial charge in [-0.25, -0.2) is 29.9 Å². The number of rotatable bonds is 11. The maximum absolute atomic E-state index is 9.52. The first-order chi connectivity index (χ1) is 25.2. The molecule has 0 saturated carbocycles. The van der Waals surface area contributed by atoms with Gasteiger partial charge in [0, 0.05) is 74.6 Å². The van der Waals surface area contributed by atoms with Crippen LogP contribution in [0.4, 0.5) is 0 Å². The second kappa shape index (κ2) is 16.4. The third-order valence-corrected chi connectivity index (χ3v) is 9.58. The van der Waals surface area contributed by atoms with Gasteiger partial charge in [0.2, 0.25) is 11.8 Å². The molecule has 282 valence electrons. The minimum Gasteiger partial charge on any atom is -0.480 e. The normalized spacial score (nSPS) is 12.8. The summed E-state index contributed by atoms with van der Waals surface area (Å²) in [6.07, 6.45) is 4.08. The smallest absolute Gasteiger partial charge is 0.222 e. The summed E-state index contributed by atoms with van der Waals surface area (Å²) in [5.74, 6) is 2.06. The van der Waals surface area contributed by atoms with Crippen molar-refractivity contribution in [1.82, 2.24) is 39.0 Å². The second-order valence-electron chi connectivity index (χ2n) is 14.4. The van der Waals surface area contributed by atoms with Gasteiger partial charge in [0.25, 0.3) is 0 Å². The average molecular weight is 723 g/mol. The van der Waals surface area contributed by atoms with E-state index in [0.29, 0.717) is 30.2 Å². The SMILES string of the molecule is COCC(C)c1cn(C)c2nc(-c3ccc(C(C)C)nc3OC)c(C)nc12.COc1nc(C(C)C)ccc1-c1nc2c(nc1C)c(C(C)CO)cn2C. The molecule has 53 heavy (non-hydrogen) atoms. The fourth-order valence-corrected chi connectivity index (χ4v) is 6.46. The molecule has 0 fully saturated rings. The molecule has 12 nitrogen and oxygen atoms in total. The zero-order valence-corrected chi connectivity index (χ0v) is 33.4. The van der Waals surface area contributed by atoms with Gasteiger partial charge in [-0.2, -0.15) is 0 Å². The number of aryl methyl sites for hydroxylation is 4. The molecular formula is C41H54N8O4. The van der Waals surface area contributed by atoms with Gasteiger partial charge in [0.1, 0.15) is 11.0 Å². The van der Waals surface area contributed by atoms with E-state index in [9.17, 15) is 5.11 Å². The van der Waals surface area contributed by atoms with Crippen molar-refractivity contribution in [1.29, 1.82) is 0 Å². The van der Waals surface area contributed by atoms with E-state index in [1.165, 1.54) is 0 Å². The summed E-state index contributed by atoms with van der Waals surface area (Å²) in [6, 6.07) is 8.08. The first-order valence-electron chi connectivity index (χ1n) is 18.1. The quantitative estimate of drug-likeness (QED) is 0.141. The van der Waals surface area contributed by atoms with Crippen LogP contribution in [0.1, 0.15) is 99.1 Å². The molecule has 0 aromatic carbocycles. The van der Waals surface area contributed by atoms with Gasteiger partial charge < -0.3 is 28.5 Å². The molecule has 0 aliphatic rings. The summed E-state index contributed by atoms with van der Waals surface area (Å²) in [7, 11) is 8.93. The molecule has 6 heterocycles. The van der Waals surface area contributed by atoms with Gasteiger partial charge in [-0.05, 0) is 49.9 Å². The molecule has 0 radical (unpaired) electrons. The Balaban J connectivity index is 0.000000204. The number of ether oxygens (including phenoxy) is 3. The largest absolute Gasteiger partial charge is 0.480 e. The van der Waals surface area contributed by atoms with Crippen LogP contribution in [0, 0.1) is 13.8 Å². The second-order valence-corrected chi connectivity index (χ2v) is 14.4. The molecule has 6 aromatic rings. The minimum absolute atomic E-state index is 0.0137. The lowest BCUT2D eigenvalue weighted by Gasteiger charge is -2.13. The molecule has 0 aliphatic heterocycles. The van der Waals surface area contributed by atoms with Crippen LogP contribution >= 0.6 is 0 Å². The lowest BCUT2D eigenvalue weighted by atomic mass is 10.0. The highest BCUT2D eigenvalue weighted by molar-refractivity contribution is 5.82. The summed E-state index contributed by atoms with van der Waals surface area (Å²) >= 11 is 0. The Morgan fingerprint density at radius 3 is 1.38 bits per heavy atom. The predicted molar refractivity (Wildman–Crippen MR) is 210 cm³/mol. The monoisotopic (exact) mass is 722 g/mol. The summed E-state index contributed by atoms with van der Waals surface area (Å²) in [4.78, 5) is 28.8. The van der Waals surface area contributed by atoms with Gasteiger partial charge >= 0.3 is 0 Å². The van der Waals surface area contributed by atoms with Crippen LogP contribution in [0.15, 0.2) is 36.7 Å². The van der Waals surface area contributed by atoms with E-state index < -0.39 is 0 Å². The van der Waals surface area contributed by atoms with Gasteiger partial charge in [0.05, 0.1) is 54.7 Å². The Kier molecular flexibility index (Phi) is 12.1. The Morgan fingerprint density at radius 2 is 1.02 bits per heavy atom. The van der Waals surface area contributed by atoms with Crippen LogP contribution in [-0.2, 0) is 18.8 Å². The molecule has 2 atom stereocenters. The zero-order valence-electron chi connectivity index (χ0n) is 33.4. The van der Waals surface area contributed by atoms with Crippen molar-refractivity contribution in [3.63, 3.8) is 0 Å². The maximum atomic E-state index is 9.52. The highest BCUT2D eigenvalue weighted by Crippen LogP contribution is 2.35. The molecule has 0 aliphatic carbocycles. The Labute approximate surface area is 312 Å². The number of fused-ring (bicyclic) bond motifs is 2. The molecule has 0 amide bonds. The Bertz CT molecular complexity index is 2220. The van der Waals surface area contributed by atoms with Gasteiger partial charge in [-0.3, -0.25) is 0 Å². The molecular weight excluding hydrogens is 669 g/mol. The lowest BCUT2D eigenvalue weighted by Crippen LogP contribution is -2.03. The van der Waals surface area contributed by atoms with E-state index in [2.05, 4.69) is 50.8 Å². The first kappa shape index (κ1) is 39.3. The molecule has 12 heteroatoms. The molecule has 0 spiro atoms. The average Bonchev–Trinajstić information content (AvgIpc) is 3.64. The van der Waals surface area contributed by atoms with Crippen LogP contribution in [0.25, 0.3) is 44.8 Å². The van der Waals surface area contributed by atoms with Gasteiger partial charge in [-0.15, -0.1) is 0 Å². The molecule has 0 saturated heterocycles. The number of aliphatic hydroxyl groups is 1. The standard InChI is InChI=1S/C21H28N4O2.C20H26N4O2/c1-12(2)17-9-8-15(21(23-17)27-7)18-14(4)22-19-16(13(3)11-26-6)10-25(5)20(19)24-18;1-11(2)16-8-7-14(20(22-16)26-6)17-13(4)21-18-15(12(3)10-25)9-24(5)19(18)23-17/h8-10,12-13H,11H2,1-7H3;7-9,11-12,25H,10H2,1-6H3. The summed E-state index contributed by atoms with van der Waals surface area (Å²) in [5.41, 5.74) is 12.5. The van der Waals surface area contributed by atoms with Crippen LogP contribution in [0.3, 0.4) is 0 Å². The van der Waals surface area contributed by atoms with Crippen LogP contribution in [0.5, 0.6) is 11.8 Å². The third kappa shape index (κ3) is 7.89. The number of pyridine rings is 2. The van der Waals surface area contributed by atoms with Crippen LogP contribution in [0.2, 0.25) is 0 Å². The molecule has 6 aromatic heterocycles. The van der Waals surface area contributed by atoms with E-state index in [-0.39, 0.29) is 18.4 Å². The number of aliphatic hydroxyl groups excluding tert-OH is 1. The molecule has 1 N–H and O–H groups in total. The van der Waals surface area contributed by atoms with Crippen LogP contribution < -0.4 is 9.47 Å². The third-order valence-electron chi connectivity index (χ3n) is 9.58. The van der Waals surface area contributed by atoms with Crippen molar-refractivity contribution >= 4 is 22.3 Å². The number of hydrogen-bond acceptors (Lipinski definition) is 10. The number of nitrogens with zero attached hydrogens (tertiary/aromatic N) is 8. The van der Waals surface area contributed by atoms with Gasteiger partial charge in [0.15, 0.2) is 11.3 Å². The lowest BCUT2D eigenvalue weighted by molar-refractivity contribution is 0.184. The highest BCUT2D eigenvalue weighted by atomic mass is 16.5. The molecule has 2 unspecified atom stereocenters. The molecule has 0 bridgehead atoms. The van der Waals surface area contributed by atoms with Crippen molar-refractivity contribution in [2.24, 2.45) is 14.1 Å². The zero-order chi connectivity index (χ0) is 38.7. The van der Waals surface area contributed by atoms with Crippen LogP contribution in [-0.4, -0.2) is 78.7 Å². The summed E-state index contributed by atoms with van der Waals surface area (Å²) in [6.45, 7) is 17.2. The number of hydrogen-bond donors (Lipinski definition) is 1. The topological polar surface area (TPSA) is 135 Å². The first-order valence-corrected chi connectivity index (χ1v) is 18.1. The molecule has 6 rings (SSSR count). The van der Waals surface area contributed by atoms with Crippen molar-refractivity contribution in [3.8, 4) is 34.3 Å². The number of aromatic nitrogens is 8. The van der Waals surface area contributed by atoms with Crippen molar-refractivity contribution < 1.29 is 19.3 Å². The Morgan fingerprint density at radius 1 is 0.604 bits per heavy atom.